The summed E-state index contributed by atoms with van der Waals surface area (Å²) < 4.78 is 7.25. The van der Waals surface area contributed by atoms with E-state index in [0.29, 0.717) is 23.2 Å². The van der Waals surface area contributed by atoms with Crippen LogP contribution in [0.2, 0.25) is 12.0 Å². The molecule has 0 radical (unpaired) electrons. The molecule has 1 aliphatic rings. The summed E-state index contributed by atoms with van der Waals surface area (Å²) in [6.07, 6.45) is 0. The molecule has 134 valence electrons. The third-order valence-corrected chi connectivity index (χ3v) is 4.91. The molecule has 26 heavy (non-hydrogen) atoms. The molecule has 0 unspecified atom stereocenters. The van der Waals surface area contributed by atoms with Gasteiger partial charge in [0, 0.05) is 30.9 Å². The Morgan fingerprint density at radius 1 is 1.19 bits per heavy atom. The highest BCUT2D eigenvalue weighted by Crippen LogP contribution is 2.28. The number of fused-ring (bicyclic) bond motifs is 1. The Kier molecular flexibility index (Phi) is 4.95. The van der Waals surface area contributed by atoms with Crippen LogP contribution in [0.4, 0.5) is 0 Å². The van der Waals surface area contributed by atoms with Gasteiger partial charge in [0.25, 0.3) is 0 Å². The summed E-state index contributed by atoms with van der Waals surface area (Å²) >= 11 is 6.47. The van der Waals surface area contributed by atoms with Gasteiger partial charge in [-0.15, -0.1) is 0 Å². The van der Waals surface area contributed by atoms with Crippen LogP contribution < -0.4 is 0 Å². The molecular weight excluding hydrogens is 350 g/mol. The van der Waals surface area contributed by atoms with Crippen LogP contribution in [0, 0.1) is 0 Å². The van der Waals surface area contributed by atoms with Crippen LogP contribution in [-0.2, 0) is 11.3 Å². The smallest absolute Gasteiger partial charge is 0.415 e. The fraction of sp³-hybridized carbons (Fsp3) is 0.333. The number of aromatic nitrogens is 3. The molecule has 1 N–H and O–H groups in total. The molecule has 2 aromatic heterocycles. The molecule has 3 aromatic rings. The van der Waals surface area contributed by atoms with Crippen LogP contribution in [0.25, 0.3) is 22.4 Å². The second-order valence-electron chi connectivity index (χ2n) is 6.47. The minimum absolute atomic E-state index is 0.400. The van der Waals surface area contributed by atoms with Crippen molar-refractivity contribution < 1.29 is 9.76 Å². The Morgan fingerprint density at radius 3 is 2.62 bits per heavy atom. The lowest BCUT2D eigenvalue weighted by molar-refractivity contribution is 0.0335. The van der Waals surface area contributed by atoms with E-state index in [-0.39, 0.29) is 0 Å². The van der Waals surface area contributed by atoms with Gasteiger partial charge in [-0.05, 0) is 12.9 Å². The van der Waals surface area contributed by atoms with E-state index >= 15 is 0 Å². The Bertz CT molecular complexity index is 910. The molecular formula is C18H20BClN4O2. The van der Waals surface area contributed by atoms with Gasteiger partial charge in [-0.25, -0.2) is 9.97 Å². The number of nitrogens with zero attached hydrogens (tertiary/aromatic N) is 4. The van der Waals surface area contributed by atoms with Crippen molar-refractivity contribution in [3.8, 4) is 11.4 Å². The number of rotatable bonds is 4. The Hall–Kier alpha value is -1.93. The summed E-state index contributed by atoms with van der Waals surface area (Å²) in [7, 11) is -0.710. The highest BCUT2D eigenvalue weighted by Gasteiger charge is 2.22. The second kappa shape index (κ2) is 7.36. The van der Waals surface area contributed by atoms with Crippen molar-refractivity contribution in [2.75, 3.05) is 26.3 Å². The molecule has 0 bridgehead atoms. The van der Waals surface area contributed by atoms with Crippen LogP contribution in [0.5, 0.6) is 0 Å². The Labute approximate surface area is 157 Å². The number of ether oxygens (including phenoxy) is 1. The van der Waals surface area contributed by atoms with Crippen molar-refractivity contribution >= 4 is 29.7 Å². The quantitative estimate of drug-likeness (QED) is 0.565. The maximum absolute atomic E-state index is 10.4. The zero-order valence-electron chi connectivity index (χ0n) is 14.6. The van der Waals surface area contributed by atoms with Crippen LogP contribution >= 0.6 is 11.6 Å². The van der Waals surface area contributed by atoms with Crippen molar-refractivity contribution in [3.05, 3.63) is 47.2 Å². The summed E-state index contributed by atoms with van der Waals surface area (Å²) in [5.41, 5.74) is 2.52. The highest BCUT2D eigenvalue weighted by atomic mass is 35.5. The molecule has 3 heterocycles. The largest absolute Gasteiger partial charge is 0.432 e. The normalized spacial score (nSPS) is 15.5. The van der Waals surface area contributed by atoms with E-state index in [0.717, 1.165) is 42.9 Å². The highest BCUT2D eigenvalue weighted by molar-refractivity contribution is 6.48. The molecule has 8 heteroatoms. The van der Waals surface area contributed by atoms with Crippen molar-refractivity contribution in [1.29, 1.82) is 0 Å². The number of morpholine rings is 1. The summed E-state index contributed by atoms with van der Waals surface area (Å²) in [5.74, 6) is 0.557. The maximum Gasteiger partial charge on any atom is 0.415 e. The van der Waals surface area contributed by atoms with E-state index in [2.05, 4.69) is 9.88 Å². The predicted octanol–water partition coefficient (Wildman–Crippen LogP) is 2.54. The van der Waals surface area contributed by atoms with E-state index < -0.39 is 7.05 Å². The van der Waals surface area contributed by atoms with Gasteiger partial charge in [-0.3, -0.25) is 4.90 Å². The van der Waals surface area contributed by atoms with Crippen molar-refractivity contribution in [1.82, 2.24) is 19.3 Å². The summed E-state index contributed by atoms with van der Waals surface area (Å²) in [4.78, 5) is 11.5. The van der Waals surface area contributed by atoms with Crippen LogP contribution in [0.15, 0.2) is 36.4 Å². The fourth-order valence-electron chi connectivity index (χ4n) is 3.35. The fourth-order valence-corrected chi connectivity index (χ4v) is 3.57. The van der Waals surface area contributed by atoms with Crippen LogP contribution in [0.3, 0.4) is 0 Å². The molecule has 1 fully saturated rings. The third kappa shape index (κ3) is 3.35. The lowest BCUT2D eigenvalue weighted by Gasteiger charge is -2.27. The second-order valence-corrected chi connectivity index (χ2v) is 6.83. The van der Waals surface area contributed by atoms with Crippen molar-refractivity contribution in [2.45, 2.75) is 13.4 Å². The Balaban J connectivity index is 1.81. The first-order chi connectivity index (χ1) is 12.6. The number of hydrogen-bond acceptors (Lipinski definition) is 5. The van der Waals surface area contributed by atoms with E-state index in [1.165, 1.54) is 0 Å². The first-order valence-corrected chi connectivity index (χ1v) is 9.12. The van der Waals surface area contributed by atoms with Gasteiger partial charge >= 0.3 is 7.05 Å². The first-order valence-electron chi connectivity index (χ1n) is 8.74. The minimum Gasteiger partial charge on any atom is -0.432 e. The average Bonchev–Trinajstić information content (AvgIpc) is 3.02. The number of hydrogen-bond donors (Lipinski definition) is 1. The molecule has 0 saturated carbocycles. The summed E-state index contributed by atoms with van der Waals surface area (Å²) in [6, 6.07) is 11.7. The van der Waals surface area contributed by atoms with Gasteiger partial charge in [0.2, 0.25) is 0 Å². The van der Waals surface area contributed by atoms with Crippen molar-refractivity contribution in [3.63, 3.8) is 0 Å². The van der Waals surface area contributed by atoms with Crippen LogP contribution in [-0.4, -0.2) is 57.7 Å². The summed E-state index contributed by atoms with van der Waals surface area (Å²) in [6.45, 7) is 5.65. The van der Waals surface area contributed by atoms with E-state index in [1.807, 2.05) is 40.9 Å². The monoisotopic (exact) mass is 370 g/mol. The molecule has 1 aliphatic heterocycles. The standard InChI is InChI=1S/C18H20BClN4O2/c1-19(25)24-14(12-23-7-9-26-10-8-23)11-15-16(20)21-17(22-18(15)24)13-5-3-2-4-6-13/h2-6,11,25H,7-10,12H2,1H3. The SMILES string of the molecule is CB(O)n1c(CN2CCOCC2)cc2c(Cl)nc(-c3ccccc3)nc21. The lowest BCUT2D eigenvalue weighted by atomic mass is 9.87. The minimum atomic E-state index is -0.710. The molecule has 4 rings (SSSR count). The van der Waals surface area contributed by atoms with Gasteiger partial charge in [-0.1, -0.05) is 41.9 Å². The van der Waals surface area contributed by atoms with Gasteiger partial charge < -0.3 is 14.2 Å². The molecule has 1 aromatic carbocycles. The Morgan fingerprint density at radius 2 is 1.92 bits per heavy atom. The molecule has 0 aliphatic carbocycles. The molecule has 0 atom stereocenters. The number of benzene rings is 1. The zero-order valence-corrected chi connectivity index (χ0v) is 15.4. The van der Waals surface area contributed by atoms with Gasteiger partial charge in [0.1, 0.15) is 10.8 Å². The van der Waals surface area contributed by atoms with Gasteiger partial charge in [0.15, 0.2) is 5.82 Å². The van der Waals surface area contributed by atoms with E-state index in [4.69, 9.17) is 21.3 Å². The molecule has 0 spiro atoms. The van der Waals surface area contributed by atoms with E-state index in [1.54, 1.807) is 6.82 Å². The average molecular weight is 371 g/mol. The molecule has 6 nitrogen and oxygen atoms in total. The van der Waals surface area contributed by atoms with Crippen molar-refractivity contribution in [2.24, 2.45) is 0 Å². The van der Waals surface area contributed by atoms with Gasteiger partial charge in [-0.2, -0.15) is 0 Å². The third-order valence-electron chi connectivity index (χ3n) is 4.62. The first kappa shape index (κ1) is 17.5. The number of halogens is 1. The molecule has 0 amide bonds. The summed E-state index contributed by atoms with van der Waals surface area (Å²) in [5, 5.41) is 11.5. The maximum atomic E-state index is 10.4. The topological polar surface area (TPSA) is 63.4 Å². The zero-order chi connectivity index (χ0) is 18.1. The van der Waals surface area contributed by atoms with Crippen LogP contribution in [0.1, 0.15) is 5.69 Å². The molecule has 1 saturated heterocycles. The predicted molar refractivity (Wildman–Crippen MR) is 103 cm³/mol. The van der Waals surface area contributed by atoms with E-state index in [9.17, 15) is 5.02 Å². The van der Waals surface area contributed by atoms with Gasteiger partial charge in [0.05, 0.1) is 18.6 Å². The lowest BCUT2D eigenvalue weighted by Crippen LogP contribution is -2.37.